The molecule has 0 aliphatic heterocycles. The molecule has 1 fully saturated rings. The summed E-state index contributed by atoms with van der Waals surface area (Å²) in [5, 5.41) is 0. The fourth-order valence-electron chi connectivity index (χ4n) is 2.97. The highest BCUT2D eigenvalue weighted by atomic mass is 19.1. The van der Waals surface area contributed by atoms with E-state index in [1.807, 2.05) is 0 Å². The maximum absolute atomic E-state index is 13.3. The van der Waals surface area contributed by atoms with Crippen LogP contribution in [0.1, 0.15) is 44.6 Å². The van der Waals surface area contributed by atoms with Crippen molar-refractivity contribution in [2.45, 2.75) is 51.6 Å². The van der Waals surface area contributed by atoms with Crippen LogP contribution in [0.2, 0.25) is 0 Å². The van der Waals surface area contributed by atoms with E-state index in [0.717, 1.165) is 24.2 Å². The van der Waals surface area contributed by atoms with E-state index >= 15 is 0 Å². The Balaban J connectivity index is 2.12. The molecule has 0 heterocycles. The second-order valence-corrected chi connectivity index (χ2v) is 5.40. The van der Waals surface area contributed by atoms with E-state index in [0.29, 0.717) is 18.9 Å². The van der Waals surface area contributed by atoms with Gasteiger partial charge in [-0.1, -0.05) is 13.3 Å². The van der Waals surface area contributed by atoms with Gasteiger partial charge in [0.1, 0.15) is 17.7 Å². The number of hydrogen-bond acceptors (Lipinski definition) is 2. The molecule has 0 aromatic heterocycles. The van der Waals surface area contributed by atoms with Crippen molar-refractivity contribution in [2.75, 3.05) is 6.54 Å². The fraction of sp³-hybridized carbons (Fsp3) is 0.625. The lowest BCUT2D eigenvalue weighted by Crippen LogP contribution is -2.30. The molecule has 0 saturated heterocycles. The summed E-state index contributed by atoms with van der Waals surface area (Å²) in [5.74, 6) is 1.23. The standard InChI is InChI=1S/C16H24FNO/c1-2-12-5-3-4-6-15(12)19-16-8-7-14(17)11-13(16)9-10-18/h7-8,11-12,15H,2-6,9-10,18H2,1H3. The van der Waals surface area contributed by atoms with Crippen LogP contribution in [0, 0.1) is 11.7 Å². The van der Waals surface area contributed by atoms with Crippen LogP contribution >= 0.6 is 0 Å². The summed E-state index contributed by atoms with van der Waals surface area (Å²) in [7, 11) is 0. The van der Waals surface area contributed by atoms with Crippen LogP contribution in [0.5, 0.6) is 5.75 Å². The predicted molar refractivity (Wildman–Crippen MR) is 75.8 cm³/mol. The summed E-state index contributed by atoms with van der Waals surface area (Å²) in [5.41, 5.74) is 6.48. The molecule has 2 N–H and O–H groups in total. The third kappa shape index (κ3) is 3.69. The molecule has 1 saturated carbocycles. The minimum Gasteiger partial charge on any atom is -0.490 e. The van der Waals surface area contributed by atoms with Crippen LogP contribution in [-0.4, -0.2) is 12.6 Å². The molecule has 19 heavy (non-hydrogen) atoms. The number of rotatable bonds is 5. The van der Waals surface area contributed by atoms with Crippen LogP contribution in [0.4, 0.5) is 4.39 Å². The number of benzene rings is 1. The van der Waals surface area contributed by atoms with Gasteiger partial charge >= 0.3 is 0 Å². The summed E-state index contributed by atoms with van der Waals surface area (Å²) < 4.78 is 19.5. The largest absolute Gasteiger partial charge is 0.490 e. The third-order valence-electron chi connectivity index (χ3n) is 4.08. The zero-order valence-corrected chi connectivity index (χ0v) is 11.7. The van der Waals surface area contributed by atoms with E-state index in [9.17, 15) is 4.39 Å². The van der Waals surface area contributed by atoms with Crippen LogP contribution in [0.15, 0.2) is 18.2 Å². The monoisotopic (exact) mass is 265 g/mol. The lowest BCUT2D eigenvalue weighted by Gasteiger charge is -2.32. The van der Waals surface area contributed by atoms with Crippen molar-refractivity contribution in [3.8, 4) is 5.75 Å². The quantitative estimate of drug-likeness (QED) is 0.881. The first-order valence-corrected chi connectivity index (χ1v) is 7.39. The summed E-state index contributed by atoms with van der Waals surface area (Å²) in [4.78, 5) is 0. The predicted octanol–water partition coefficient (Wildman–Crippen LogP) is 3.67. The molecule has 1 aliphatic carbocycles. The van der Waals surface area contributed by atoms with Gasteiger partial charge in [0.25, 0.3) is 0 Å². The van der Waals surface area contributed by atoms with Gasteiger partial charge in [0.05, 0.1) is 0 Å². The zero-order chi connectivity index (χ0) is 13.7. The minimum absolute atomic E-state index is 0.216. The van der Waals surface area contributed by atoms with Crippen molar-refractivity contribution in [3.63, 3.8) is 0 Å². The first kappa shape index (κ1) is 14.3. The highest BCUT2D eigenvalue weighted by molar-refractivity contribution is 5.34. The summed E-state index contributed by atoms with van der Waals surface area (Å²) in [6.07, 6.45) is 6.98. The van der Waals surface area contributed by atoms with Crippen LogP contribution in [0.3, 0.4) is 0 Å². The molecule has 0 bridgehead atoms. The van der Waals surface area contributed by atoms with Gasteiger partial charge in [-0.05, 0) is 68.3 Å². The molecule has 2 rings (SSSR count). The van der Waals surface area contributed by atoms with Crippen LogP contribution in [0.25, 0.3) is 0 Å². The number of halogens is 1. The maximum Gasteiger partial charge on any atom is 0.123 e. The highest BCUT2D eigenvalue weighted by Gasteiger charge is 2.25. The van der Waals surface area contributed by atoms with Gasteiger partial charge in [-0.25, -0.2) is 4.39 Å². The number of nitrogens with two attached hydrogens (primary N) is 1. The summed E-state index contributed by atoms with van der Waals surface area (Å²) in [6.45, 7) is 2.74. The smallest absolute Gasteiger partial charge is 0.123 e. The van der Waals surface area contributed by atoms with Gasteiger partial charge in [-0.15, -0.1) is 0 Å². The molecule has 0 spiro atoms. The van der Waals surface area contributed by atoms with Crippen molar-refractivity contribution < 1.29 is 9.13 Å². The highest BCUT2D eigenvalue weighted by Crippen LogP contribution is 2.32. The lowest BCUT2D eigenvalue weighted by molar-refractivity contribution is 0.0893. The maximum atomic E-state index is 13.3. The number of hydrogen-bond donors (Lipinski definition) is 1. The molecule has 1 aromatic rings. The molecule has 106 valence electrons. The Hall–Kier alpha value is -1.09. The molecule has 3 heteroatoms. The average molecular weight is 265 g/mol. The second-order valence-electron chi connectivity index (χ2n) is 5.40. The molecular formula is C16H24FNO. The second kappa shape index (κ2) is 6.90. The van der Waals surface area contributed by atoms with Crippen LogP contribution < -0.4 is 10.5 Å². The zero-order valence-electron chi connectivity index (χ0n) is 11.7. The van der Waals surface area contributed by atoms with Gasteiger partial charge in [0.15, 0.2) is 0 Å². The van der Waals surface area contributed by atoms with E-state index < -0.39 is 0 Å². The van der Waals surface area contributed by atoms with E-state index in [4.69, 9.17) is 10.5 Å². The van der Waals surface area contributed by atoms with Crippen molar-refractivity contribution in [1.82, 2.24) is 0 Å². The first-order valence-electron chi connectivity index (χ1n) is 7.39. The topological polar surface area (TPSA) is 35.2 Å². The Bertz CT molecular complexity index is 408. The molecular weight excluding hydrogens is 241 g/mol. The van der Waals surface area contributed by atoms with Gasteiger partial charge in [-0.3, -0.25) is 0 Å². The number of ether oxygens (including phenoxy) is 1. The van der Waals surface area contributed by atoms with E-state index in [1.165, 1.54) is 25.3 Å². The van der Waals surface area contributed by atoms with Crippen molar-refractivity contribution in [1.29, 1.82) is 0 Å². The minimum atomic E-state index is -0.216. The fourth-order valence-corrected chi connectivity index (χ4v) is 2.97. The Morgan fingerprint density at radius 2 is 2.11 bits per heavy atom. The summed E-state index contributed by atoms with van der Waals surface area (Å²) >= 11 is 0. The van der Waals surface area contributed by atoms with E-state index in [1.54, 1.807) is 12.1 Å². The SMILES string of the molecule is CCC1CCCCC1Oc1ccc(F)cc1CCN. The molecule has 1 aromatic carbocycles. The van der Waals surface area contributed by atoms with E-state index in [2.05, 4.69) is 6.92 Å². The Morgan fingerprint density at radius 1 is 1.32 bits per heavy atom. The van der Waals surface area contributed by atoms with Gasteiger partial charge in [0, 0.05) is 0 Å². The van der Waals surface area contributed by atoms with Crippen molar-refractivity contribution in [2.24, 2.45) is 11.7 Å². The normalized spacial score (nSPS) is 23.3. The molecule has 1 aliphatic rings. The van der Waals surface area contributed by atoms with E-state index in [-0.39, 0.29) is 11.9 Å². The molecule has 2 nitrogen and oxygen atoms in total. The third-order valence-corrected chi connectivity index (χ3v) is 4.08. The molecule has 0 radical (unpaired) electrons. The van der Waals surface area contributed by atoms with Crippen molar-refractivity contribution >= 4 is 0 Å². The molecule has 2 atom stereocenters. The van der Waals surface area contributed by atoms with Crippen molar-refractivity contribution in [3.05, 3.63) is 29.6 Å². The first-order chi connectivity index (χ1) is 9.24. The Labute approximate surface area is 115 Å². The van der Waals surface area contributed by atoms with Gasteiger partial charge in [0.2, 0.25) is 0 Å². The molecule has 2 unspecified atom stereocenters. The Morgan fingerprint density at radius 3 is 2.84 bits per heavy atom. The summed E-state index contributed by atoms with van der Waals surface area (Å²) in [6, 6.07) is 4.77. The Kier molecular flexibility index (Phi) is 5.20. The van der Waals surface area contributed by atoms with Crippen LogP contribution in [-0.2, 0) is 6.42 Å². The average Bonchev–Trinajstić information content (AvgIpc) is 2.43. The lowest BCUT2D eigenvalue weighted by atomic mass is 9.84. The van der Waals surface area contributed by atoms with Gasteiger partial charge in [-0.2, -0.15) is 0 Å². The molecule has 0 amide bonds. The van der Waals surface area contributed by atoms with Gasteiger partial charge < -0.3 is 10.5 Å².